The Hall–Kier alpha value is -0.640. The third kappa shape index (κ3) is 2.23. The molecule has 0 spiro atoms. The average molecular weight is 211 g/mol. The number of rotatable bonds is 3. The molecule has 14 heavy (non-hydrogen) atoms. The molecule has 1 aliphatic carbocycles. The van der Waals surface area contributed by atoms with Crippen LogP contribution in [0.2, 0.25) is 0 Å². The summed E-state index contributed by atoms with van der Waals surface area (Å²) in [4.78, 5) is 4.32. The minimum absolute atomic E-state index is 0.546. The SMILES string of the molecule is Cc1nsc(NC(C)C2CCCC2)n1. The number of nitrogens with zero attached hydrogens (tertiary/aromatic N) is 2. The highest BCUT2D eigenvalue weighted by atomic mass is 32.1. The number of hydrogen-bond donors (Lipinski definition) is 1. The molecular formula is C10H17N3S. The summed E-state index contributed by atoms with van der Waals surface area (Å²) in [6.45, 7) is 4.19. The first kappa shape index (κ1) is 9.90. The molecule has 1 N–H and O–H groups in total. The molecule has 1 aromatic rings. The Balaban J connectivity index is 1.90. The quantitative estimate of drug-likeness (QED) is 0.835. The lowest BCUT2D eigenvalue weighted by atomic mass is 10.0. The van der Waals surface area contributed by atoms with Crippen LogP contribution in [0.15, 0.2) is 0 Å². The van der Waals surface area contributed by atoms with Crippen LogP contribution in [0.3, 0.4) is 0 Å². The van der Waals surface area contributed by atoms with Crippen LogP contribution in [-0.2, 0) is 0 Å². The molecule has 1 fully saturated rings. The van der Waals surface area contributed by atoms with Crippen molar-refractivity contribution in [2.75, 3.05) is 5.32 Å². The largest absolute Gasteiger partial charge is 0.358 e. The van der Waals surface area contributed by atoms with E-state index in [-0.39, 0.29) is 0 Å². The number of anilines is 1. The molecule has 78 valence electrons. The molecule has 4 heteroatoms. The summed E-state index contributed by atoms with van der Waals surface area (Å²) in [6.07, 6.45) is 5.52. The maximum atomic E-state index is 4.32. The van der Waals surface area contributed by atoms with E-state index in [0.29, 0.717) is 6.04 Å². The highest BCUT2D eigenvalue weighted by Gasteiger charge is 2.21. The molecule has 0 bridgehead atoms. The minimum atomic E-state index is 0.546. The lowest BCUT2D eigenvalue weighted by molar-refractivity contribution is 0.482. The van der Waals surface area contributed by atoms with Crippen LogP contribution in [0.1, 0.15) is 38.4 Å². The van der Waals surface area contributed by atoms with Crippen LogP contribution >= 0.6 is 11.5 Å². The zero-order valence-corrected chi connectivity index (χ0v) is 9.60. The highest BCUT2D eigenvalue weighted by molar-refractivity contribution is 7.09. The Morgan fingerprint density at radius 1 is 1.43 bits per heavy atom. The predicted molar refractivity (Wildman–Crippen MR) is 59.7 cm³/mol. The van der Waals surface area contributed by atoms with Gasteiger partial charge in [0.25, 0.3) is 0 Å². The fourth-order valence-corrected chi connectivity index (χ4v) is 2.80. The molecule has 1 saturated carbocycles. The summed E-state index contributed by atoms with van der Waals surface area (Å²) in [5.41, 5.74) is 0. The van der Waals surface area contributed by atoms with Crippen molar-refractivity contribution in [1.82, 2.24) is 9.36 Å². The molecule has 1 unspecified atom stereocenters. The first-order chi connectivity index (χ1) is 6.75. The molecule has 0 aromatic carbocycles. The fraction of sp³-hybridized carbons (Fsp3) is 0.800. The van der Waals surface area contributed by atoms with E-state index in [1.165, 1.54) is 37.2 Å². The van der Waals surface area contributed by atoms with E-state index in [0.717, 1.165) is 16.9 Å². The van der Waals surface area contributed by atoms with Gasteiger partial charge in [-0.05, 0) is 32.6 Å². The zero-order chi connectivity index (χ0) is 9.97. The van der Waals surface area contributed by atoms with Gasteiger partial charge in [-0.15, -0.1) is 0 Å². The topological polar surface area (TPSA) is 37.8 Å². The second kappa shape index (κ2) is 4.26. The van der Waals surface area contributed by atoms with Gasteiger partial charge in [0.1, 0.15) is 5.82 Å². The molecule has 2 rings (SSSR count). The first-order valence-electron chi connectivity index (χ1n) is 5.32. The molecule has 1 aromatic heterocycles. The standard InChI is InChI=1S/C10H17N3S/c1-7(9-5-3-4-6-9)11-10-12-8(2)13-14-10/h7,9H,3-6H2,1-2H3,(H,11,12,13). The van der Waals surface area contributed by atoms with Crippen molar-refractivity contribution < 1.29 is 0 Å². The van der Waals surface area contributed by atoms with E-state index < -0.39 is 0 Å². The Kier molecular flexibility index (Phi) is 3.01. The van der Waals surface area contributed by atoms with Gasteiger partial charge in [-0.3, -0.25) is 0 Å². The van der Waals surface area contributed by atoms with E-state index >= 15 is 0 Å². The van der Waals surface area contributed by atoms with Crippen LogP contribution in [0.25, 0.3) is 0 Å². The molecule has 1 heterocycles. The monoisotopic (exact) mass is 211 g/mol. The molecule has 1 atom stereocenters. The van der Waals surface area contributed by atoms with Gasteiger partial charge in [0.05, 0.1) is 0 Å². The fourth-order valence-electron chi connectivity index (χ4n) is 2.13. The van der Waals surface area contributed by atoms with Crippen LogP contribution in [-0.4, -0.2) is 15.4 Å². The minimum Gasteiger partial charge on any atom is -0.358 e. The van der Waals surface area contributed by atoms with Crippen LogP contribution in [0, 0.1) is 12.8 Å². The molecule has 3 nitrogen and oxygen atoms in total. The summed E-state index contributed by atoms with van der Waals surface area (Å²) in [5, 5.41) is 4.42. The van der Waals surface area contributed by atoms with Gasteiger partial charge in [0.2, 0.25) is 5.13 Å². The van der Waals surface area contributed by atoms with Gasteiger partial charge in [-0.2, -0.15) is 4.37 Å². The van der Waals surface area contributed by atoms with Gasteiger partial charge in [0, 0.05) is 17.6 Å². The van der Waals surface area contributed by atoms with E-state index in [9.17, 15) is 0 Å². The molecule has 0 amide bonds. The second-order valence-corrected chi connectivity index (χ2v) is 4.88. The van der Waals surface area contributed by atoms with Crippen LogP contribution in [0.4, 0.5) is 5.13 Å². The van der Waals surface area contributed by atoms with Gasteiger partial charge in [0.15, 0.2) is 0 Å². The van der Waals surface area contributed by atoms with Crippen molar-refractivity contribution in [1.29, 1.82) is 0 Å². The number of aryl methyl sites for hydroxylation is 1. The van der Waals surface area contributed by atoms with E-state index in [1.807, 2.05) is 6.92 Å². The summed E-state index contributed by atoms with van der Waals surface area (Å²) in [6, 6.07) is 0.546. The van der Waals surface area contributed by atoms with Gasteiger partial charge >= 0.3 is 0 Å². The Bertz CT molecular complexity index is 291. The van der Waals surface area contributed by atoms with E-state index in [4.69, 9.17) is 0 Å². The van der Waals surface area contributed by atoms with Crippen molar-refractivity contribution >= 4 is 16.7 Å². The Morgan fingerprint density at radius 3 is 2.71 bits per heavy atom. The van der Waals surface area contributed by atoms with Crippen molar-refractivity contribution in [2.45, 2.75) is 45.6 Å². The maximum Gasteiger partial charge on any atom is 0.202 e. The van der Waals surface area contributed by atoms with Crippen LogP contribution in [0.5, 0.6) is 0 Å². The van der Waals surface area contributed by atoms with Crippen molar-refractivity contribution in [2.24, 2.45) is 5.92 Å². The number of hydrogen-bond acceptors (Lipinski definition) is 4. The van der Waals surface area contributed by atoms with Gasteiger partial charge < -0.3 is 5.32 Å². The smallest absolute Gasteiger partial charge is 0.202 e. The molecule has 0 radical (unpaired) electrons. The summed E-state index contributed by atoms with van der Waals surface area (Å²) < 4.78 is 4.16. The van der Waals surface area contributed by atoms with Gasteiger partial charge in [-0.25, -0.2) is 4.98 Å². The van der Waals surface area contributed by atoms with E-state index in [1.54, 1.807) is 0 Å². The third-order valence-electron chi connectivity index (χ3n) is 2.99. The number of aromatic nitrogens is 2. The normalized spacial score (nSPS) is 19.9. The maximum absolute atomic E-state index is 4.32. The number of nitrogens with one attached hydrogen (secondary N) is 1. The molecule has 0 saturated heterocycles. The second-order valence-electron chi connectivity index (χ2n) is 4.12. The summed E-state index contributed by atoms with van der Waals surface area (Å²) in [7, 11) is 0. The molecule has 0 aliphatic heterocycles. The third-order valence-corrected chi connectivity index (χ3v) is 3.72. The van der Waals surface area contributed by atoms with Crippen LogP contribution < -0.4 is 5.32 Å². The average Bonchev–Trinajstić information content (AvgIpc) is 2.75. The molecular weight excluding hydrogens is 194 g/mol. The van der Waals surface area contributed by atoms with Crippen molar-refractivity contribution in [3.8, 4) is 0 Å². The van der Waals surface area contributed by atoms with E-state index in [2.05, 4.69) is 21.6 Å². The Morgan fingerprint density at radius 2 is 2.14 bits per heavy atom. The summed E-state index contributed by atoms with van der Waals surface area (Å²) in [5.74, 6) is 1.70. The highest BCUT2D eigenvalue weighted by Crippen LogP contribution is 2.29. The lowest BCUT2D eigenvalue weighted by Crippen LogP contribution is -2.23. The Labute approximate surface area is 89.1 Å². The molecule has 1 aliphatic rings. The lowest BCUT2D eigenvalue weighted by Gasteiger charge is -2.19. The predicted octanol–water partition coefficient (Wildman–Crippen LogP) is 2.84. The first-order valence-corrected chi connectivity index (χ1v) is 6.10. The van der Waals surface area contributed by atoms with Gasteiger partial charge in [-0.1, -0.05) is 12.8 Å². The summed E-state index contributed by atoms with van der Waals surface area (Å²) >= 11 is 1.46. The zero-order valence-electron chi connectivity index (χ0n) is 8.79. The van der Waals surface area contributed by atoms with Crippen molar-refractivity contribution in [3.05, 3.63) is 5.82 Å². The van der Waals surface area contributed by atoms with Crippen molar-refractivity contribution in [3.63, 3.8) is 0 Å².